The van der Waals surface area contributed by atoms with Gasteiger partial charge in [-0.1, -0.05) is 50.2 Å². The van der Waals surface area contributed by atoms with Crippen molar-refractivity contribution in [2.45, 2.75) is 40.3 Å². The fraction of sp³-hybridized carbons (Fsp3) is 0.368. The molecule has 0 unspecified atom stereocenters. The maximum atomic E-state index is 5.61. The van der Waals surface area contributed by atoms with Crippen molar-refractivity contribution < 1.29 is 4.74 Å². The minimum atomic E-state index is 0.504. The molecule has 0 heterocycles. The molecule has 0 fully saturated rings. The first-order valence-electron chi connectivity index (χ1n) is 7.49. The molecule has 0 aliphatic carbocycles. The number of rotatable bonds is 5. The van der Waals surface area contributed by atoms with Crippen LogP contribution in [-0.2, 0) is 6.54 Å². The maximum absolute atomic E-state index is 5.61. The highest BCUT2D eigenvalue weighted by Crippen LogP contribution is 2.34. The van der Waals surface area contributed by atoms with Gasteiger partial charge >= 0.3 is 0 Å². The average Bonchev–Trinajstić information content (AvgIpc) is 2.48. The Bertz CT molecular complexity index is 600. The largest absolute Gasteiger partial charge is 0.496 e. The molecule has 0 atom stereocenters. The van der Waals surface area contributed by atoms with Gasteiger partial charge in [-0.2, -0.15) is 0 Å². The summed E-state index contributed by atoms with van der Waals surface area (Å²) >= 11 is 0. The van der Waals surface area contributed by atoms with Gasteiger partial charge in [0.1, 0.15) is 5.75 Å². The lowest BCUT2D eigenvalue weighted by Crippen LogP contribution is -2.21. The first-order valence-corrected chi connectivity index (χ1v) is 7.49. The van der Waals surface area contributed by atoms with E-state index in [1.807, 2.05) is 0 Å². The highest BCUT2D eigenvalue weighted by Gasteiger charge is 2.10. The molecule has 0 saturated heterocycles. The SMILES string of the molecule is COc1c(-c2ccc(CNC(C)C)cc2)ccc(C)c1C. The van der Waals surface area contributed by atoms with E-state index in [1.54, 1.807) is 7.11 Å². The van der Waals surface area contributed by atoms with Crippen LogP contribution < -0.4 is 10.1 Å². The first-order chi connectivity index (χ1) is 10.0. The van der Waals surface area contributed by atoms with E-state index in [0.29, 0.717) is 6.04 Å². The van der Waals surface area contributed by atoms with E-state index in [0.717, 1.165) is 17.9 Å². The zero-order valence-corrected chi connectivity index (χ0v) is 13.7. The summed E-state index contributed by atoms with van der Waals surface area (Å²) in [7, 11) is 1.74. The van der Waals surface area contributed by atoms with Gasteiger partial charge in [-0.3, -0.25) is 0 Å². The summed E-state index contributed by atoms with van der Waals surface area (Å²) in [5.74, 6) is 0.975. The molecule has 0 spiro atoms. The molecule has 0 saturated carbocycles. The van der Waals surface area contributed by atoms with Crippen LogP contribution in [0.4, 0.5) is 0 Å². The second kappa shape index (κ2) is 6.77. The summed E-state index contributed by atoms with van der Waals surface area (Å²) < 4.78 is 5.61. The molecular formula is C19H25NO. The van der Waals surface area contributed by atoms with Crippen molar-refractivity contribution in [2.24, 2.45) is 0 Å². The summed E-state index contributed by atoms with van der Waals surface area (Å²) in [6, 6.07) is 13.5. The molecule has 2 aromatic rings. The third-order valence-electron chi connectivity index (χ3n) is 3.86. The van der Waals surface area contributed by atoms with E-state index in [-0.39, 0.29) is 0 Å². The predicted molar refractivity (Wildman–Crippen MR) is 89.9 cm³/mol. The highest BCUT2D eigenvalue weighted by atomic mass is 16.5. The molecule has 2 rings (SSSR count). The van der Waals surface area contributed by atoms with E-state index in [4.69, 9.17) is 4.74 Å². The summed E-state index contributed by atoms with van der Waals surface area (Å²) in [6.07, 6.45) is 0. The Morgan fingerprint density at radius 2 is 1.67 bits per heavy atom. The fourth-order valence-corrected chi connectivity index (χ4v) is 2.40. The lowest BCUT2D eigenvalue weighted by atomic mass is 9.98. The van der Waals surface area contributed by atoms with Crippen LogP contribution in [0.1, 0.15) is 30.5 Å². The number of aryl methyl sites for hydroxylation is 1. The Morgan fingerprint density at radius 1 is 1.00 bits per heavy atom. The van der Waals surface area contributed by atoms with Crippen LogP contribution in [0.25, 0.3) is 11.1 Å². The van der Waals surface area contributed by atoms with Crippen LogP contribution in [0, 0.1) is 13.8 Å². The van der Waals surface area contributed by atoms with Gasteiger partial charge in [0.2, 0.25) is 0 Å². The fourth-order valence-electron chi connectivity index (χ4n) is 2.40. The molecule has 0 radical (unpaired) electrons. The lowest BCUT2D eigenvalue weighted by molar-refractivity contribution is 0.413. The third-order valence-corrected chi connectivity index (χ3v) is 3.86. The molecule has 1 N–H and O–H groups in total. The van der Waals surface area contributed by atoms with E-state index >= 15 is 0 Å². The zero-order chi connectivity index (χ0) is 15.4. The van der Waals surface area contributed by atoms with Gasteiger partial charge in [0.25, 0.3) is 0 Å². The van der Waals surface area contributed by atoms with Crippen molar-refractivity contribution >= 4 is 0 Å². The van der Waals surface area contributed by atoms with Gasteiger partial charge in [-0.25, -0.2) is 0 Å². The van der Waals surface area contributed by atoms with Crippen LogP contribution in [0.2, 0.25) is 0 Å². The zero-order valence-electron chi connectivity index (χ0n) is 13.7. The summed E-state index contributed by atoms with van der Waals surface area (Å²) in [6.45, 7) is 9.45. The van der Waals surface area contributed by atoms with Crippen molar-refractivity contribution in [3.63, 3.8) is 0 Å². The monoisotopic (exact) mass is 283 g/mol. The molecule has 0 aromatic heterocycles. The van der Waals surface area contributed by atoms with E-state index in [2.05, 4.69) is 69.4 Å². The van der Waals surface area contributed by atoms with Crippen molar-refractivity contribution in [1.29, 1.82) is 0 Å². The summed E-state index contributed by atoms with van der Waals surface area (Å²) in [5.41, 5.74) is 6.12. The summed E-state index contributed by atoms with van der Waals surface area (Å²) in [5, 5.41) is 3.44. The number of hydrogen-bond acceptors (Lipinski definition) is 2. The molecular weight excluding hydrogens is 258 g/mol. The van der Waals surface area contributed by atoms with Crippen molar-refractivity contribution in [3.8, 4) is 16.9 Å². The number of ether oxygens (including phenoxy) is 1. The standard InChI is InChI=1S/C19H25NO/c1-13(2)20-12-16-7-9-17(10-8-16)18-11-6-14(3)15(4)19(18)21-5/h6-11,13,20H,12H2,1-5H3. The molecule has 0 aliphatic rings. The third kappa shape index (κ3) is 3.64. The van der Waals surface area contributed by atoms with Crippen molar-refractivity contribution in [1.82, 2.24) is 5.32 Å². The molecule has 2 aromatic carbocycles. The van der Waals surface area contributed by atoms with E-state index < -0.39 is 0 Å². The van der Waals surface area contributed by atoms with Crippen molar-refractivity contribution in [3.05, 3.63) is 53.1 Å². The van der Waals surface area contributed by atoms with Crippen LogP contribution in [0.5, 0.6) is 5.75 Å². The second-order valence-electron chi connectivity index (χ2n) is 5.82. The predicted octanol–water partition coefficient (Wildman–Crippen LogP) is 4.48. The Morgan fingerprint density at radius 3 is 2.24 bits per heavy atom. The van der Waals surface area contributed by atoms with Crippen LogP contribution >= 0.6 is 0 Å². The Hall–Kier alpha value is -1.80. The Balaban J connectivity index is 2.29. The van der Waals surface area contributed by atoms with Crippen LogP contribution in [-0.4, -0.2) is 13.2 Å². The molecule has 0 amide bonds. The number of hydrogen-bond donors (Lipinski definition) is 1. The van der Waals surface area contributed by atoms with Crippen LogP contribution in [0.15, 0.2) is 36.4 Å². The van der Waals surface area contributed by atoms with Gasteiger partial charge in [-0.15, -0.1) is 0 Å². The van der Waals surface area contributed by atoms with Gasteiger partial charge < -0.3 is 10.1 Å². The molecule has 2 heteroatoms. The summed E-state index contributed by atoms with van der Waals surface area (Å²) in [4.78, 5) is 0. The van der Waals surface area contributed by atoms with Gasteiger partial charge in [0.05, 0.1) is 7.11 Å². The van der Waals surface area contributed by atoms with Gasteiger partial charge in [-0.05, 0) is 36.1 Å². The normalized spacial score (nSPS) is 11.0. The Kier molecular flexibility index (Phi) is 5.03. The molecule has 21 heavy (non-hydrogen) atoms. The van der Waals surface area contributed by atoms with Gasteiger partial charge in [0, 0.05) is 18.2 Å². The smallest absolute Gasteiger partial charge is 0.129 e. The minimum Gasteiger partial charge on any atom is -0.496 e. The average molecular weight is 283 g/mol. The topological polar surface area (TPSA) is 21.3 Å². The Labute approximate surface area is 128 Å². The first kappa shape index (κ1) is 15.6. The molecule has 2 nitrogen and oxygen atoms in total. The molecule has 0 bridgehead atoms. The maximum Gasteiger partial charge on any atom is 0.129 e. The van der Waals surface area contributed by atoms with E-state index in [9.17, 15) is 0 Å². The lowest BCUT2D eigenvalue weighted by Gasteiger charge is -2.14. The van der Waals surface area contributed by atoms with E-state index in [1.165, 1.54) is 22.3 Å². The molecule has 0 aliphatic heterocycles. The number of nitrogens with one attached hydrogen (secondary N) is 1. The molecule has 112 valence electrons. The second-order valence-corrected chi connectivity index (χ2v) is 5.82. The minimum absolute atomic E-state index is 0.504. The highest BCUT2D eigenvalue weighted by molar-refractivity contribution is 5.73. The number of methoxy groups -OCH3 is 1. The van der Waals surface area contributed by atoms with Gasteiger partial charge in [0.15, 0.2) is 0 Å². The van der Waals surface area contributed by atoms with Crippen LogP contribution in [0.3, 0.4) is 0 Å². The van der Waals surface area contributed by atoms with Crippen molar-refractivity contribution in [2.75, 3.05) is 7.11 Å². The quantitative estimate of drug-likeness (QED) is 0.873. The number of benzene rings is 2.